The summed E-state index contributed by atoms with van der Waals surface area (Å²) in [7, 11) is 0. The number of carbonyl (C=O) groups is 3. The van der Waals surface area contributed by atoms with Crippen molar-refractivity contribution in [1.82, 2.24) is 10.6 Å². The highest BCUT2D eigenvalue weighted by Gasteiger charge is 2.20. The maximum Gasteiger partial charge on any atom is 0.328 e. The Kier molecular flexibility index (Phi) is 7.71. The smallest absolute Gasteiger partial charge is 0.328 e. The number of halogens is 1. The molecule has 0 bridgehead atoms. The normalized spacial score (nSPS) is 13.1. The summed E-state index contributed by atoms with van der Waals surface area (Å²) in [6.45, 7) is 6.91. The molecule has 0 saturated heterocycles. The SMILES string of the molecule is CC(C)C(C)NC(=O)COC(=O)[C@H](C)NC(=O)c1ccccc1Cl. The minimum absolute atomic E-state index is 0.0199. The fraction of sp³-hybridized carbons (Fsp3) is 0.471. The third-order valence-electron chi connectivity index (χ3n) is 3.55. The van der Waals surface area contributed by atoms with Crippen LogP contribution in [0, 0.1) is 5.92 Å². The number of nitrogens with one attached hydrogen (secondary N) is 2. The van der Waals surface area contributed by atoms with Crippen molar-refractivity contribution >= 4 is 29.4 Å². The number of amides is 2. The molecule has 2 N–H and O–H groups in total. The molecule has 0 fully saturated rings. The Morgan fingerprint density at radius 1 is 1.08 bits per heavy atom. The molecule has 0 aliphatic carbocycles. The van der Waals surface area contributed by atoms with Gasteiger partial charge in [-0.1, -0.05) is 37.6 Å². The van der Waals surface area contributed by atoms with Gasteiger partial charge in [0.1, 0.15) is 6.04 Å². The van der Waals surface area contributed by atoms with Crippen LogP contribution >= 0.6 is 11.6 Å². The molecule has 24 heavy (non-hydrogen) atoms. The predicted octanol–water partition coefficient (Wildman–Crippen LogP) is 2.16. The Balaban J connectivity index is 2.46. The average Bonchev–Trinajstić information content (AvgIpc) is 2.52. The number of carbonyl (C=O) groups excluding carboxylic acids is 3. The summed E-state index contributed by atoms with van der Waals surface area (Å²) in [4.78, 5) is 35.6. The van der Waals surface area contributed by atoms with E-state index in [1.165, 1.54) is 6.92 Å². The van der Waals surface area contributed by atoms with Gasteiger partial charge in [-0.2, -0.15) is 0 Å². The molecule has 6 nitrogen and oxygen atoms in total. The highest BCUT2D eigenvalue weighted by atomic mass is 35.5. The predicted molar refractivity (Wildman–Crippen MR) is 91.8 cm³/mol. The van der Waals surface area contributed by atoms with Crippen molar-refractivity contribution in [3.63, 3.8) is 0 Å². The molecule has 0 aromatic heterocycles. The molecule has 1 aromatic carbocycles. The first-order valence-electron chi connectivity index (χ1n) is 7.73. The van der Waals surface area contributed by atoms with E-state index in [9.17, 15) is 14.4 Å². The van der Waals surface area contributed by atoms with E-state index in [4.69, 9.17) is 16.3 Å². The van der Waals surface area contributed by atoms with Crippen molar-refractivity contribution < 1.29 is 19.1 Å². The van der Waals surface area contributed by atoms with Gasteiger partial charge >= 0.3 is 5.97 Å². The second-order valence-corrected chi connectivity index (χ2v) is 6.29. The van der Waals surface area contributed by atoms with Gasteiger partial charge in [-0.25, -0.2) is 4.79 Å². The maximum absolute atomic E-state index is 12.1. The minimum atomic E-state index is -0.899. The second-order valence-electron chi connectivity index (χ2n) is 5.88. The summed E-state index contributed by atoms with van der Waals surface area (Å²) in [5, 5.41) is 5.51. The molecule has 7 heteroatoms. The van der Waals surface area contributed by atoms with Crippen molar-refractivity contribution in [2.45, 2.75) is 39.8 Å². The van der Waals surface area contributed by atoms with Crippen LogP contribution in [0.5, 0.6) is 0 Å². The first-order chi connectivity index (χ1) is 11.2. The highest BCUT2D eigenvalue weighted by Crippen LogP contribution is 2.14. The molecule has 1 aromatic rings. The molecule has 0 radical (unpaired) electrons. The standard InChI is InChI=1S/C17H23ClN2O4/c1-10(2)11(3)19-15(21)9-24-17(23)12(4)20-16(22)13-7-5-6-8-14(13)18/h5-8,10-12H,9H2,1-4H3,(H,19,21)(H,20,22)/t11?,12-/m0/s1. The zero-order valence-electron chi connectivity index (χ0n) is 14.3. The maximum atomic E-state index is 12.1. The number of esters is 1. The van der Waals surface area contributed by atoms with Crippen LogP contribution in [-0.2, 0) is 14.3 Å². The lowest BCUT2D eigenvalue weighted by Gasteiger charge is -2.18. The van der Waals surface area contributed by atoms with Crippen molar-refractivity contribution in [3.05, 3.63) is 34.9 Å². The zero-order chi connectivity index (χ0) is 18.3. The molecule has 0 spiro atoms. The highest BCUT2D eigenvalue weighted by molar-refractivity contribution is 6.33. The summed E-state index contributed by atoms with van der Waals surface area (Å²) < 4.78 is 4.91. The molecule has 0 saturated carbocycles. The molecule has 0 aliphatic heterocycles. The van der Waals surface area contributed by atoms with Crippen LogP contribution in [0.4, 0.5) is 0 Å². The zero-order valence-corrected chi connectivity index (χ0v) is 15.0. The molecular weight excluding hydrogens is 332 g/mol. The second kappa shape index (κ2) is 9.27. The Bertz CT molecular complexity index is 604. The summed E-state index contributed by atoms with van der Waals surface area (Å²) >= 11 is 5.93. The van der Waals surface area contributed by atoms with E-state index < -0.39 is 17.9 Å². The van der Waals surface area contributed by atoms with E-state index in [1.807, 2.05) is 20.8 Å². The van der Waals surface area contributed by atoms with Crippen molar-refractivity contribution in [2.24, 2.45) is 5.92 Å². The summed E-state index contributed by atoms with van der Waals surface area (Å²) in [6.07, 6.45) is 0. The lowest BCUT2D eigenvalue weighted by atomic mass is 10.1. The summed E-state index contributed by atoms with van der Waals surface area (Å²) in [5.41, 5.74) is 0.266. The lowest BCUT2D eigenvalue weighted by Crippen LogP contribution is -2.42. The van der Waals surface area contributed by atoms with Gasteiger partial charge in [-0.15, -0.1) is 0 Å². The monoisotopic (exact) mass is 354 g/mol. The van der Waals surface area contributed by atoms with E-state index >= 15 is 0 Å². The third kappa shape index (κ3) is 6.20. The molecule has 1 rings (SSSR count). The van der Waals surface area contributed by atoms with Gasteiger partial charge in [0, 0.05) is 6.04 Å². The minimum Gasteiger partial charge on any atom is -0.454 e. The molecule has 132 valence electrons. The first kappa shape index (κ1) is 20.0. The van der Waals surface area contributed by atoms with E-state index in [-0.39, 0.29) is 35.1 Å². The van der Waals surface area contributed by atoms with Crippen LogP contribution in [0.15, 0.2) is 24.3 Å². The van der Waals surface area contributed by atoms with Crippen LogP contribution in [0.25, 0.3) is 0 Å². The van der Waals surface area contributed by atoms with Crippen LogP contribution in [-0.4, -0.2) is 36.5 Å². The van der Waals surface area contributed by atoms with Crippen molar-refractivity contribution in [3.8, 4) is 0 Å². The average molecular weight is 355 g/mol. The molecule has 2 amide bonds. The Labute approximate surface area is 146 Å². The number of ether oxygens (including phenoxy) is 1. The molecule has 1 unspecified atom stereocenters. The third-order valence-corrected chi connectivity index (χ3v) is 3.88. The van der Waals surface area contributed by atoms with Crippen LogP contribution in [0.3, 0.4) is 0 Å². The van der Waals surface area contributed by atoms with Crippen LogP contribution in [0.2, 0.25) is 5.02 Å². The molecule has 0 aliphatic rings. The molecular formula is C17H23ClN2O4. The van der Waals surface area contributed by atoms with Crippen molar-refractivity contribution in [2.75, 3.05) is 6.61 Å². The van der Waals surface area contributed by atoms with Gasteiger partial charge in [0.2, 0.25) is 0 Å². The summed E-state index contributed by atoms with van der Waals surface area (Å²) in [5.74, 6) is -1.28. The van der Waals surface area contributed by atoms with Gasteiger partial charge in [-0.3, -0.25) is 9.59 Å². The van der Waals surface area contributed by atoms with Crippen LogP contribution < -0.4 is 10.6 Å². The fourth-order valence-electron chi connectivity index (χ4n) is 1.70. The number of hydrogen-bond acceptors (Lipinski definition) is 4. The lowest BCUT2D eigenvalue weighted by molar-refractivity contribution is -0.150. The fourth-order valence-corrected chi connectivity index (χ4v) is 1.92. The number of rotatable bonds is 7. The van der Waals surface area contributed by atoms with Crippen molar-refractivity contribution in [1.29, 1.82) is 0 Å². The Morgan fingerprint density at radius 2 is 1.71 bits per heavy atom. The van der Waals surface area contributed by atoms with Gasteiger partial charge in [0.15, 0.2) is 6.61 Å². The molecule has 2 atom stereocenters. The van der Waals surface area contributed by atoms with E-state index in [0.29, 0.717) is 0 Å². The summed E-state index contributed by atoms with van der Waals surface area (Å²) in [6, 6.07) is 5.59. The Morgan fingerprint density at radius 3 is 2.29 bits per heavy atom. The Hall–Kier alpha value is -2.08. The van der Waals surface area contributed by atoms with E-state index in [0.717, 1.165) is 0 Å². The van der Waals surface area contributed by atoms with Crippen LogP contribution in [0.1, 0.15) is 38.1 Å². The van der Waals surface area contributed by atoms with Gasteiger partial charge in [0.25, 0.3) is 11.8 Å². The van der Waals surface area contributed by atoms with Gasteiger partial charge in [0.05, 0.1) is 10.6 Å². The van der Waals surface area contributed by atoms with Gasteiger partial charge < -0.3 is 15.4 Å². The number of hydrogen-bond donors (Lipinski definition) is 2. The topological polar surface area (TPSA) is 84.5 Å². The first-order valence-corrected chi connectivity index (χ1v) is 8.11. The van der Waals surface area contributed by atoms with E-state index in [2.05, 4.69) is 10.6 Å². The largest absolute Gasteiger partial charge is 0.454 e. The van der Waals surface area contributed by atoms with E-state index in [1.54, 1.807) is 24.3 Å². The number of benzene rings is 1. The van der Waals surface area contributed by atoms with Gasteiger partial charge in [-0.05, 0) is 31.9 Å². The molecule has 0 heterocycles. The quantitative estimate of drug-likeness (QED) is 0.735.